The second-order valence-corrected chi connectivity index (χ2v) is 9.97. The minimum absolute atomic E-state index is 0.0216. The molecule has 1 fully saturated rings. The molecule has 0 saturated carbocycles. The van der Waals surface area contributed by atoms with Crippen LogP contribution < -0.4 is 4.90 Å². The van der Waals surface area contributed by atoms with Gasteiger partial charge in [-0.1, -0.05) is 79.3 Å². The Balaban J connectivity index is 1.90. The maximum Gasteiger partial charge on any atom is 0.350 e. The molecule has 1 aliphatic heterocycles. The predicted molar refractivity (Wildman–Crippen MR) is 139 cm³/mol. The summed E-state index contributed by atoms with van der Waals surface area (Å²) in [6.45, 7) is 9.64. The number of thiazole rings is 1. The number of amides is 1. The first-order valence-corrected chi connectivity index (χ1v) is 12.6. The molecule has 8 heteroatoms. The highest BCUT2D eigenvalue weighted by Gasteiger charge is 2.48. The number of hydrogen-bond donors (Lipinski definition) is 1. The summed E-state index contributed by atoms with van der Waals surface area (Å²) < 4.78 is 5.12. The van der Waals surface area contributed by atoms with Gasteiger partial charge in [-0.2, -0.15) is 0 Å². The van der Waals surface area contributed by atoms with Crippen molar-refractivity contribution >= 4 is 39.9 Å². The molecule has 186 valence electrons. The van der Waals surface area contributed by atoms with E-state index in [-0.39, 0.29) is 27.9 Å². The predicted octanol–water partition coefficient (Wildman–Crippen LogP) is 5.69. The third-order valence-corrected chi connectivity index (χ3v) is 7.28. The standard InChI is InChI=1S/C28H28N2O5S/c1-6-35-27(34)25-17(5)29-28(36-25)30-22(19-13-11-18(12-14-19)15(2)3)21(24(32)26(30)33)23(31)20-9-7-16(4)8-10-20/h7-15,22,31H,6H2,1-5H3/t22-/m0/s1. The van der Waals surface area contributed by atoms with Gasteiger partial charge in [0.25, 0.3) is 5.78 Å². The highest BCUT2D eigenvalue weighted by Crippen LogP contribution is 2.44. The maximum absolute atomic E-state index is 13.4. The number of hydrogen-bond acceptors (Lipinski definition) is 7. The SMILES string of the molecule is CCOC(=O)c1sc(N2C(=O)C(=O)C(=C(O)c3ccc(C)cc3)[C@@H]2c2ccc(C(C)C)cc2)nc1C. The lowest BCUT2D eigenvalue weighted by Gasteiger charge is -2.23. The number of aryl methyl sites for hydroxylation is 2. The van der Waals surface area contributed by atoms with Gasteiger partial charge in [-0.3, -0.25) is 14.5 Å². The van der Waals surface area contributed by atoms with Gasteiger partial charge in [0, 0.05) is 5.56 Å². The zero-order chi connectivity index (χ0) is 26.1. The van der Waals surface area contributed by atoms with Gasteiger partial charge in [-0.05, 0) is 37.8 Å². The van der Waals surface area contributed by atoms with Crippen LogP contribution in [0.5, 0.6) is 0 Å². The average Bonchev–Trinajstić information content (AvgIpc) is 3.36. The van der Waals surface area contributed by atoms with Crippen molar-refractivity contribution < 1.29 is 24.2 Å². The first kappa shape index (κ1) is 25.3. The van der Waals surface area contributed by atoms with Crippen LogP contribution in [0.15, 0.2) is 54.1 Å². The van der Waals surface area contributed by atoms with Gasteiger partial charge in [0.15, 0.2) is 5.13 Å². The molecule has 2 aromatic carbocycles. The lowest BCUT2D eigenvalue weighted by Crippen LogP contribution is -2.29. The molecule has 3 aromatic rings. The normalized spacial score (nSPS) is 17.2. The van der Waals surface area contributed by atoms with Crippen LogP contribution in [0.1, 0.15) is 70.4 Å². The lowest BCUT2D eigenvalue weighted by atomic mass is 9.93. The van der Waals surface area contributed by atoms with E-state index in [0.717, 1.165) is 22.5 Å². The summed E-state index contributed by atoms with van der Waals surface area (Å²) in [6, 6.07) is 13.8. The molecule has 1 atom stereocenters. The molecule has 36 heavy (non-hydrogen) atoms. The number of aliphatic hydroxyl groups excluding tert-OH is 1. The number of nitrogens with zero attached hydrogens (tertiary/aromatic N) is 2. The van der Waals surface area contributed by atoms with Crippen molar-refractivity contribution in [3.8, 4) is 0 Å². The Morgan fingerprint density at radius 1 is 1.08 bits per heavy atom. The number of rotatable bonds is 6. The Bertz CT molecular complexity index is 1350. The Hall–Kier alpha value is -3.78. The molecule has 0 spiro atoms. The molecule has 0 unspecified atom stereocenters. The van der Waals surface area contributed by atoms with Crippen molar-refractivity contribution in [1.82, 2.24) is 4.98 Å². The van der Waals surface area contributed by atoms with Gasteiger partial charge in [0.2, 0.25) is 0 Å². The van der Waals surface area contributed by atoms with Crippen LogP contribution in [-0.2, 0) is 14.3 Å². The van der Waals surface area contributed by atoms with Crippen molar-refractivity contribution in [3.63, 3.8) is 0 Å². The summed E-state index contributed by atoms with van der Waals surface area (Å²) in [5.74, 6) is -2.12. The van der Waals surface area contributed by atoms with Gasteiger partial charge in [0.05, 0.1) is 23.9 Å². The topological polar surface area (TPSA) is 96.8 Å². The van der Waals surface area contributed by atoms with Crippen LogP contribution in [0.25, 0.3) is 5.76 Å². The summed E-state index contributed by atoms with van der Waals surface area (Å²) >= 11 is 0.992. The van der Waals surface area contributed by atoms with Gasteiger partial charge in [-0.15, -0.1) is 0 Å². The van der Waals surface area contributed by atoms with E-state index in [1.807, 2.05) is 43.3 Å². The van der Waals surface area contributed by atoms with Crippen LogP contribution in [0, 0.1) is 13.8 Å². The summed E-state index contributed by atoms with van der Waals surface area (Å²) in [4.78, 5) is 45.1. The molecule has 2 heterocycles. The lowest BCUT2D eigenvalue weighted by molar-refractivity contribution is -0.132. The minimum Gasteiger partial charge on any atom is -0.507 e. The second kappa shape index (κ2) is 10.1. The summed E-state index contributed by atoms with van der Waals surface area (Å²) in [6.07, 6.45) is 0. The van der Waals surface area contributed by atoms with Crippen molar-refractivity contribution in [1.29, 1.82) is 0 Å². The van der Waals surface area contributed by atoms with E-state index in [1.54, 1.807) is 26.0 Å². The molecule has 1 N–H and O–H groups in total. The van der Waals surface area contributed by atoms with E-state index in [0.29, 0.717) is 22.7 Å². The number of benzene rings is 2. The zero-order valence-corrected chi connectivity index (χ0v) is 21.7. The fraction of sp³-hybridized carbons (Fsp3) is 0.286. The quantitative estimate of drug-likeness (QED) is 0.201. The number of ether oxygens (including phenoxy) is 1. The average molecular weight is 505 g/mol. The van der Waals surface area contributed by atoms with Crippen LogP contribution in [0.3, 0.4) is 0 Å². The maximum atomic E-state index is 13.4. The summed E-state index contributed by atoms with van der Waals surface area (Å²) in [5, 5.41) is 11.4. The largest absolute Gasteiger partial charge is 0.507 e. The van der Waals surface area contributed by atoms with Crippen LogP contribution >= 0.6 is 11.3 Å². The third-order valence-electron chi connectivity index (χ3n) is 6.14. The van der Waals surface area contributed by atoms with Crippen molar-refractivity contribution in [3.05, 3.63) is 86.9 Å². The van der Waals surface area contributed by atoms with E-state index in [4.69, 9.17) is 4.74 Å². The van der Waals surface area contributed by atoms with Crippen molar-refractivity contribution in [2.24, 2.45) is 0 Å². The Labute approximate surface area is 214 Å². The Kier molecular flexibility index (Phi) is 7.08. The highest BCUT2D eigenvalue weighted by atomic mass is 32.1. The number of ketones is 1. The van der Waals surface area contributed by atoms with Crippen LogP contribution in [-0.4, -0.2) is 34.4 Å². The number of esters is 1. The minimum atomic E-state index is -0.909. The summed E-state index contributed by atoms with van der Waals surface area (Å²) in [7, 11) is 0. The number of anilines is 1. The summed E-state index contributed by atoms with van der Waals surface area (Å²) in [5.41, 5.74) is 3.57. The number of aliphatic hydroxyl groups is 1. The number of Topliss-reactive ketones (excluding diaryl/α,β-unsaturated/α-hetero) is 1. The molecule has 7 nitrogen and oxygen atoms in total. The van der Waals surface area contributed by atoms with Crippen LogP contribution in [0.2, 0.25) is 0 Å². The van der Waals surface area contributed by atoms with Crippen molar-refractivity contribution in [2.75, 3.05) is 11.5 Å². The molecule has 1 aromatic heterocycles. The third kappa shape index (κ3) is 4.56. The van der Waals surface area contributed by atoms with Gasteiger partial charge >= 0.3 is 11.9 Å². The molecule has 4 rings (SSSR count). The van der Waals surface area contributed by atoms with E-state index >= 15 is 0 Å². The van der Waals surface area contributed by atoms with Crippen molar-refractivity contribution in [2.45, 2.75) is 46.6 Å². The monoisotopic (exact) mass is 504 g/mol. The smallest absolute Gasteiger partial charge is 0.350 e. The van der Waals surface area contributed by atoms with Gasteiger partial charge < -0.3 is 9.84 Å². The fourth-order valence-corrected chi connectivity index (χ4v) is 5.13. The number of carbonyl (C=O) groups excluding carboxylic acids is 3. The molecule has 1 aliphatic rings. The molecule has 0 radical (unpaired) electrons. The first-order valence-electron chi connectivity index (χ1n) is 11.8. The number of carbonyl (C=O) groups is 3. The van der Waals surface area contributed by atoms with E-state index in [2.05, 4.69) is 18.8 Å². The molecule has 1 saturated heterocycles. The fourth-order valence-electron chi connectivity index (χ4n) is 4.15. The molecular formula is C28H28N2O5S. The Morgan fingerprint density at radius 3 is 2.31 bits per heavy atom. The van der Waals surface area contributed by atoms with Gasteiger partial charge in [-0.25, -0.2) is 9.78 Å². The molecular weight excluding hydrogens is 476 g/mol. The van der Waals surface area contributed by atoms with Gasteiger partial charge in [0.1, 0.15) is 10.6 Å². The van der Waals surface area contributed by atoms with E-state index < -0.39 is 23.7 Å². The van der Waals surface area contributed by atoms with E-state index in [9.17, 15) is 19.5 Å². The van der Waals surface area contributed by atoms with E-state index in [1.165, 1.54) is 4.90 Å². The Morgan fingerprint density at radius 2 is 1.72 bits per heavy atom. The molecule has 1 amide bonds. The highest BCUT2D eigenvalue weighted by molar-refractivity contribution is 7.17. The number of aromatic nitrogens is 1. The first-order chi connectivity index (χ1) is 17.1. The molecule has 0 aliphatic carbocycles. The second-order valence-electron chi connectivity index (χ2n) is 8.99. The van der Waals surface area contributed by atoms with Crippen LogP contribution in [0.4, 0.5) is 5.13 Å². The molecule has 0 bridgehead atoms. The zero-order valence-electron chi connectivity index (χ0n) is 20.9.